The standard InChI is InChI=1S/C15H14F2N2O/c16-13-5-6-14(17)12(7-13)9-19-15(20)11-3-1-10(8-18)2-4-11/h1-7H,8-9,18H2,(H,19,20). The highest BCUT2D eigenvalue weighted by molar-refractivity contribution is 5.94. The summed E-state index contributed by atoms with van der Waals surface area (Å²) in [4.78, 5) is 11.9. The van der Waals surface area contributed by atoms with Gasteiger partial charge < -0.3 is 11.1 Å². The number of hydrogen-bond acceptors (Lipinski definition) is 2. The van der Waals surface area contributed by atoms with Crippen LogP contribution >= 0.6 is 0 Å². The molecule has 0 atom stereocenters. The molecule has 0 radical (unpaired) electrons. The Morgan fingerprint density at radius 3 is 2.45 bits per heavy atom. The first-order valence-electron chi connectivity index (χ1n) is 6.11. The van der Waals surface area contributed by atoms with Crippen molar-refractivity contribution in [1.29, 1.82) is 0 Å². The number of nitrogens with one attached hydrogen (secondary N) is 1. The van der Waals surface area contributed by atoms with Crippen molar-refractivity contribution in [3.05, 3.63) is 70.8 Å². The highest BCUT2D eigenvalue weighted by atomic mass is 19.1. The molecule has 2 aromatic carbocycles. The minimum Gasteiger partial charge on any atom is -0.348 e. The summed E-state index contributed by atoms with van der Waals surface area (Å²) in [6.07, 6.45) is 0. The van der Waals surface area contributed by atoms with Gasteiger partial charge >= 0.3 is 0 Å². The summed E-state index contributed by atoms with van der Waals surface area (Å²) < 4.78 is 26.4. The van der Waals surface area contributed by atoms with E-state index in [0.717, 1.165) is 23.8 Å². The normalized spacial score (nSPS) is 10.3. The number of carbonyl (C=O) groups excluding carboxylic acids is 1. The zero-order valence-corrected chi connectivity index (χ0v) is 10.7. The zero-order chi connectivity index (χ0) is 14.5. The highest BCUT2D eigenvalue weighted by Gasteiger charge is 2.08. The molecule has 0 aliphatic heterocycles. The molecule has 3 N–H and O–H groups in total. The van der Waals surface area contributed by atoms with Crippen molar-refractivity contribution in [1.82, 2.24) is 5.32 Å². The van der Waals surface area contributed by atoms with Gasteiger partial charge in [-0.25, -0.2) is 8.78 Å². The largest absolute Gasteiger partial charge is 0.348 e. The number of nitrogens with two attached hydrogens (primary N) is 1. The molecule has 20 heavy (non-hydrogen) atoms. The number of amides is 1. The van der Waals surface area contributed by atoms with Gasteiger partial charge in [-0.3, -0.25) is 4.79 Å². The molecule has 0 unspecified atom stereocenters. The van der Waals surface area contributed by atoms with Gasteiger partial charge in [-0.05, 0) is 35.9 Å². The highest BCUT2D eigenvalue weighted by Crippen LogP contribution is 2.10. The van der Waals surface area contributed by atoms with Crippen molar-refractivity contribution in [2.24, 2.45) is 5.73 Å². The Morgan fingerprint density at radius 2 is 1.80 bits per heavy atom. The van der Waals surface area contributed by atoms with E-state index in [4.69, 9.17) is 5.73 Å². The molecule has 0 saturated carbocycles. The fraction of sp³-hybridized carbons (Fsp3) is 0.133. The third kappa shape index (κ3) is 3.39. The Bertz CT molecular complexity index is 612. The fourth-order valence-corrected chi connectivity index (χ4v) is 1.75. The molecule has 0 aromatic heterocycles. The van der Waals surface area contributed by atoms with E-state index in [0.29, 0.717) is 12.1 Å². The van der Waals surface area contributed by atoms with Gasteiger partial charge in [-0.15, -0.1) is 0 Å². The van der Waals surface area contributed by atoms with Crippen molar-refractivity contribution >= 4 is 5.91 Å². The Labute approximate surface area is 115 Å². The SMILES string of the molecule is NCc1ccc(C(=O)NCc2cc(F)ccc2F)cc1. The molecule has 5 heteroatoms. The maximum Gasteiger partial charge on any atom is 0.251 e. The lowest BCUT2D eigenvalue weighted by atomic mass is 10.1. The van der Waals surface area contributed by atoms with Gasteiger partial charge in [0.25, 0.3) is 5.91 Å². The Kier molecular flexibility index (Phi) is 4.42. The summed E-state index contributed by atoms with van der Waals surface area (Å²) in [6.45, 7) is 0.331. The van der Waals surface area contributed by atoms with E-state index in [2.05, 4.69) is 5.32 Å². The van der Waals surface area contributed by atoms with Crippen LogP contribution < -0.4 is 11.1 Å². The van der Waals surface area contributed by atoms with Crippen LogP contribution in [0, 0.1) is 11.6 Å². The Hall–Kier alpha value is -2.27. The third-order valence-electron chi connectivity index (χ3n) is 2.90. The molecular formula is C15H14F2N2O. The zero-order valence-electron chi connectivity index (χ0n) is 10.7. The topological polar surface area (TPSA) is 55.1 Å². The van der Waals surface area contributed by atoms with Crippen molar-refractivity contribution in [2.45, 2.75) is 13.1 Å². The van der Waals surface area contributed by atoms with Crippen LogP contribution in [0.25, 0.3) is 0 Å². The van der Waals surface area contributed by atoms with Crippen molar-refractivity contribution in [3.8, 4) is 0 Å². The average Bonchev–Trinajstić information content (AvgIpc) is 2.48. The van der Waals surface area contributed by atoms with E-state index in [1.165, 1.54) is 0 Å². The lowest BCUT2D eigenvalue weighted by Crippen LogP contribution is -2.23. The number of hydrogen-bond donors (Lipinski definition) is 2. The summed E-state index contributed by atoms with van der Waals surface area (Å²) >= 11 is 0. The van der Waals surface area contributed by atoms with Crippen LogP contribution in [0.3, 0.4) is 0 Å². The molecule has 0 aliphatic carbocycles. The molecule has 0 bridgehead atoms. The quantitative estimate of drug-likeness (QED) is 0.900. The van der Waals surface area contributed by atoms with Crippen molar-refractivity contribution in [3.63, 3.8) is 0 Å². The monoisotopic (exact) mass is 276 g/mol. The first-order valence-corrected chi connectivity index (χ1v) is 6.11. The molecule has 0 saturated heterocycles. The number of halogens is 2. The molecule has 2 aromatic rings. The molecule has 3 nitrogen and oxygen atoms in total. The second-order valence-corrected chi connectivity index (χ2v) is 4.32. The average molecular weight is 276 g/mol. The van der Waals surface area contributed by atoms with Gasteiger partial charge in [0.2, 0.25) is 0 Å². The summed E-state index contributed by atoms with van der Waals surface area (Å²) in [5.74, 6) is -1.44. The summed E-state index contributed by atoms with van der Waals surface area (Å²) in [5, 5.41) is 2.54. The van der Waals surface area contributed by atoms with E-state index in [1.54, 1.807) is 24.3 Å². The predicted molar refractivity (Wildman–Crippen MR) is 71.9 cm³/mol. The summed E-state index contributed by atoms with van der Waals surface area (Å²) in [6, 6.07) is 9.90. The van der Waals surface area contributed by atoms with Crippen LogP contribution in [0.2, 0.25) is 0 Å². The second kappa shape index (κ2) is 6.25. The van der Waals surface area contributed by atoms with Gasteiger partial charge in [-0.1, -0.05) is 12.1 Å². The predicted octanol–water partition coefficient (Wildman–Crippen LogP) is 2.35. The van der Waals surface area contributed by atoms with Gasteiger partial charge in [0.15, 0.2) is 0 Å². The fourth-order valence-electron chi connectivity index (χ4n) is 1.75. The van der Waals surface area contributed by atoms with Gasteiger partial charge in [-0.2, -0.15) is 0 Å². The van der Waals surface area contributed by atoms with E-state index >= 15 is 0 Å². The molecule has 2 rings (SSSR count). The first-order chi connectivity index (χ1) is 9.60. The summed E-state index contributed by atoms with van der Waals surface area (Å²) in [7, 11) is 0. The molecule has 0 heterocycles. The summed E-state index contributed by atoms with van der Waals surface area (Å²) in [5.41, 5.74) is 6.93. The molecular weight excluding hydrogens is 262 g/mol. The minimum atomic E-state index is -0.551. The van der Waals surface area contributed by atoms with Crippen molar-refractivity contribution < 1.29 is 13.6 Å². The van der Waals surface area contributed by atoms with Gasteiger partial charge in [0.05, 0.1) is 0 Å². The number of carbonyl (C=O) groups is 1. The Balaban J connectivity index is 2.02. The molecule has 0 aliphatic rings. The second-order valence-electron chi connectivity index (χ2n) is 4.32. The van der Waals surface area contributed by atoms with Crippen LogP contribution in [0.1, 0.15) is 21.5 Å². The number of rotatable bonds is 4. The van der Waals surface area contributed by atoms with Crippen LogP contribution in [-0.4, -0.2) is 5.91 Å². The maximum absolute atomic E-state index is 13.4. The maximum atomic E-state index is 13.4. The lowest BCUT2D eigenvalue weighted by molar-refractivity contribution is 0.0950. The molecule has 104 valence electrons. The van der Waals surface area contributed by atoms with Crippen molar-refractivity contribution in [2.75, 3.05) is 0 Å². The molecule has 0 fully saturated rings. The molecule has 0 spiro atoms. The lowest BCUT2D eigenvalue weighted by Gasteiger charge is -2.07. The van der Waals surface area contributed by atoms with E-state index in [-0.39, 0.29) is 18.0 Å². The van der Waals surface area contributed by atoms with E-state index in [9.17, 15) is 13.6 Å². The third-order valence-corrected chi connectivity index (χ3v) is 2.90. The van der Waals surface area contributed by atoms with Crippen LogP contribution in [0.15, 0.2) is 42.5 Å². The first kappa shape index (κ1) is 14.1. The van der Waals surface area contributed by atoms with Gasteiger partial charge in [0.1, 0.15) is 11.6 Å². The van der Waals surface area contributed by atoms with Crippen LogP contribution in [0.4, 0.5) is 8.78 Å². The Morgan fingerprint density at radius 1 is 1.10 bits per heavy atom. The van der Waals surface area contributed by atoms with Crippen LogP contribution in [-0.2, 0) is 13.1 Å². The molecule has 1 amide bonds. The smallest absolute Gasteiger partial charge is 0.251 e. The van der Waals surface area contributed by atoms with Crippen LogP contribution in [0.5, 0.6) is 0 Å². The van der Waals surface area contributed by atoms with Gasteiger partial charge in [0, 0.05) is 24.2 Å². The number of benzene rings is 2. The minimum absolute atomic E-state index is 0.0684. The van der Waals surface area contributed by atoms with E-state index in [1.807, 2.05) is 0 Å². The van der Waals surface area contributed by atoms with E-state index < -0.39 is 11.6 Å².